The highest BCUT2D eigenvalue weighted by atomic mass is 35.5. The van der Waals surface area contributed by atoms with Crippen LogP contribution in [0.25, 0.3) is 0 Å². The van der Waals surface area contributed by atoms with Gasteiger partial charge in [-0.05, 0) is 36.8 Å². The standard InChI is InChI=1S/C27H24ClFN6O4/c1-2-33(16-22-24-21(32-27(38)39-22)9-8-20(28)25(24)29)26(37)18-12-31-35(14-18)15-19-7-6-17(11-30-19)13-34-10-4-3-5-23(34)36/h3-12,14,22H,2,13,15-16H2,1H3,(H,32,38). The lowest BCUT2D eigenvalue weighted by Crippen LogP contribution is -2.38. The zero-order valence-corrected chi connectivity index (χ0v) is 21.6. The third-order valence-electron chi connectivity index (χ3n) is 6.34. The van der Waals surface area contributed by atoms with E-state index in [1.54, 1.807) is 46.9 Å². The van der Waals surface area contributed by atoms with Crippen LogP contribution in [0.15, 0.2) is 72.0 Å². The monoisotopic (exact) mass is 550 g/mol. The molecule has 0 radical (unpaired) electrons. The lowest BCUT2D eigenvalue weighted by molar-refractivity contribution is 0.0543. The molecule has 2 amide bonds. The summed E-state index contributed by atoms with van der Waals surface area (Å²) in [6.07, 6.45) is 4.70. The number of likely N-dealkylation sites (N-methyl/N-ethyl adjacent to an activating group) is 1. The summed E-state index contributed by atoms with van der Waals surface area (Å²) < 4.78 is 23.3. The van der Waals surface area contributed by atoms with E-state index in [0.29, 0.717) is 18.7 Å². The Morgan fingerprint density at radius 2 is 2.00 bits per heavy atom. The molecule has 1 unspecified atom stereocenters. The topological polar surface area (TPSA) is 111 Å². The maximum absolute atomic E-state index is 14.8. The summed E-state index contributed by atoms with van der Waals surface area (Å²) in [6.45, 7) is 2.73. The number of carbonyl (C=O) groups is 2. The van der Waals surface area contributed by atoms with Gasteiger partial charge in [-0.1, -0.05) is 23.7 Å². The third-order valence-corrected chi connectivity index (χ3v) is 6.63. The van der Waals surface area contributed by atoms with E-state index in [4.69, 9.17) is 16.3 Å². The van der Waals surface area contributed by atoms with Gasteiger partial charge in [0.25, 0.3) is 11.5 Å². The van der Waals surface area contributed by atoms with Crippen LogP contribution in [0, 0.1) is 5.82 Å². The van der Waals surface area contributed by atoms with E-state index < -0.39 is 18.0 Å². The average Bonchev–Trinajstić information content (AvgIpc) is 3.39. The van der Waals surface area contributed by atoms with Crippen molar-refractivity contribution < 1.29 is 18.7 Å². The van der Waals surface area contributed by atoms with Crippen LogP contribution in [0.1, 0.15) is 40.2 Å². The van der Waals surface area contributed by atoms with Crippen molar-refractivity contribution >= 4 is 29.3 Å². The summed E-state index contributed by atoms with van der Waals surface area (Å²) >= 11 is 5.94. The number of hydrogen-bond acceptors (Lipinski definition) is 6. The van der Waals surface area contributed by atoms with E-state index >= 15 is 0 Å². The molecule has 1 N–H and O–H groups in total. The molecule has 4 aromatic rings. The van der Waals surface area contributed by atoms with Crippen molar-refractivity contribution in [3.8, 4) is 0 Å². The number of benzene rings is 1. The number of amides is 2. The number of rotatable bonds is 8. The van der Waals surface area contributed by atoms with Crippen molar-refractivity contribution in [1.82, 2.24) is 24.2 Å². The van der Waals surface area contributed by atoms with Crippen LogP contribution in [0.2, 0.25) is 5.02 Å². The Hall–Kier alpha value is -4.51. The molecular weight excluding hydrogens is 527 g/mol. The van der Waals surface area contributed by atoms with Crippen LogP contribution in [-0.4, -0.2) is 49.3 Å². The van der Waals surface area contributed by atoms with Crippen LogP contribution < -0.4 is 10.9 Å². The Morgan fingerprint density at radius 3 is 2.74 bits per heavy atom. The van der Waals surface area contributed by atoms with E-state index in [1.165, 1.54) is 29.3 Å². The minimum atomic E-state index is -1.03. The number of hydrogen-bond donors (Lipinski definition) is 1. The number of nitrogens with zero attached hydrogens (tertiary/aromatic N) is 5. The second-order valence-electron chi connectivity index (χ2n) is 8.94. The molecule has 0 spiro atoms. The summed E-state index contributed by atoms with van der Waals surface area (Å²) in [5.41, 5.74) is 2.18. The van der Waals surface area contributed by atoms with Crippen LogP contribution in [0.4, 0.5) is 14.9 Å². The molecule has 0 aliphatic carbocycles. The first-order chi connectivity index (χ1) is 18.8. The van der Waals surface area contributed by atoms with Gasteiger partial charge in [-0.25, -0.2) is 9.18 Å². The number of fused-ring (bicyclic) bond motifs is 1. The van der Waals surface area contributed by atoms with Crippen molar-refractivity contribution in [1.29, 1.82) is 0 Å². The number of ether oxygens (including phenoxy) is 1. The van der Waals surface area contributed by atoms with Crippen molar-refractivity contribution in [2.75, 3.05) is 18.4 Å². The molecule has 10 nitrogen and oxygen atoms in total. The first-order valence-electron chi connectivity index (χ1n) is 12.2. The van der Waals surface area contributed by atoms with Gasteiger partial charge in [0.1, 0.15) is 0 Å². The highest BCUT2D eigenvalue weighted by Crippen LogP contribution is 2.36. The number of aromatic nitrogens is 4. The van der Waals surface area contributed by atoms with Gasteiger partial charge in [-0.3, -0.25) is 24.6 Å². The van der Waals surface area contributed by atoms with E-state index in [1.807, 2.05) is 12.1 Å². The van der Waals surface area contributed by atoms with Gasteiger partial charge in [-0.15, -0.1) is 0 Å². The van der Waals surface area contributed by atoms with Crippen molar-refractivity contribution in [2.24, 2.45) is 0 Å². The number of nitrogens with one attached hydrogen (secondary N) is 1. The first-order valence-corrected chi connectivity index (χ1v) is 12.6. The molecule has 4 heterocycles. The molecule has 1 aliphatic rings. The van der Waals surface area contributed by atoms with Crippen molar-refractivity contribution in [3.05, 3.63) is 111 Å². The molecule has 1 atom stereocenters. The van der Waals surface area contributed by atoms with Gasteiger partial charge in [0.2, 0.25) is 0 Å². The number of halogens is 2. The van der Waals surface area contributed by atoms with E-state index in [-0.39, 0.29) is 40.8 Å². The summed E-state index contributed by atoms with van der Waals surface area (Å²) in [5, 5.41) is 6.63. The van der Waals surface area contributed by atoms with Crippen molar-refractivity contribution in [2.45, 2.75) is 26.1 Å². The fraction of sp³-hybridized carbons (Fsp3) is 0.222. The van der Waals surface area contributed by atoms with Gasteiger partial charge in [0, 0.05) is 31.2 Å². The first kappa shape index (κ1) is 26.1. The quantitative estimate of drug-likeness (QED) is 0.354. The maximum Gasteiger partial charge on any atom is 0.412 e. The molecule has 12 heteroatoms. The number of cyclic esters (lactones) is 1. The fourth-order valence-electron chi connectivity index (χ4n) is 4.34. The second kappa shape index (κ2) is 11.1. The van der Waals surface area contributed by atoms with E-state index in [2.05, 4.69) is 15.4 Å². The average molecular weight is 551 g/mol. The predicted octanol–water partition coefficient (Wildman–Crippen LogP) is 4.09. The third kappa shape index (κ3) is 5.68. The molecule has 3 aromatic heterocycles. The SMILES string of the molecule is CCN(CC1OC(=O)Nc2ccc(Cl)c(F)c21)C(=O)c1cnn(Cc2ccc(Cn3ccccc3=O)cn2)c1. The van der Waals surface area contributed by atoms with E-state index in [9.17, 15) is 18.8 Å². The summed E-state index contributed by atoms with van der Waals surface area (Å²) in [7, 11) is 0. The molecule has 200 valence electrons. The van der Waals surface area contributed by atoms with Gasteiger partial charge < -0.3 is 14.2 Å². The Bertz CT molecular complexity index is 1590. The Kier molecular flexibility index (Phi) is 7.42. The lowest BCUT2D eigenvalue weighted by atomic mass is 10.0. The molecule has 0 bridgehead atoms. The Labute approximate surface area is 227 Å². The van der Waals surface area contributed by atoms with E-state index in [0.717, 1.165) is 11.3 Å². The molecule has 5 rings (SSSR count). The van der Waals surface area contributed by atoms with Gasteiger partial charge in [0.05, 0.1) is 53.4 Å². The minimum absolute atomic E-state index is 0.0638. The normalized spacial score (nSPS) is 14.3. The van der Waals surface area contributed by atoms with Crippen LogP contribution >= 0.6 is 11.6 Å². The highest BCUT2D eigenvalue weighted by molar-refractivity contribution is 6.31. The van der Waals surface area contributed by atoms with Crippen LogP contribution in [0.3, 0.4) is 0 Å². The number of carbonyl (C=O) groups excluding carboxylic acids is 2. The summed E-state index contributed by atoms with van der Waals surface area (Å²) in [6, 6.07) is 11.6. The zero-order chi connectivity index (χ0) is 27.5. The van der Waals surface area contributed by atoms with Gasteiger partial charge >= 0.3 is 6.09 Å². The maximum atomic E-state index is 14.8. The fourth-order valence-corrected chi connectivity index (χ4v) is 4.51. The summed E-state index contributed by atoms with van der Waals surface area (Å²) in [4.78, 5) is 43.1. The predicted molar refractivity (Wildman–Crippen MR) is 141 cm³/mol. The number of anilines is 1. The van der Waals surface area contributed by atoms with Crippen LogP contribution in [-0.2, 0) is 17.8 Å². The highest BCUT2D eigenvalue weighted by Gasteiger charge is 2.33. The second-order valence-corrected chi connectivity index (χ2v) is 9.34. The zero-order valence-electron chi connectivity index (χ0n) is 20.9. The molecule has 0 saturated carbocycles. The van der Waals surface area contributed by atoms with Crippen molar-refractivity contribution in [3.63, 3.8) is 0 Å². The van der Waals surface area contributed by atoms with Gasteiger partial charge in [-0.2, -0.15) is 5.10 Å². The molecule has 1 aromatic carbocycles. The molecular formula is C27H24ClFN6O4. The Morgan fingerprint density at radius 1 is 1.15 bits per heavy atom. The summed E-state index contributed by atoms with van der Waals surface area (Å²) in [5.74, 6) is -1.05. The number of pyridine rings is 2. The molecule has 39 heavy (non-hydrogen) atoms. The minimum Gasteiger partial charge on any atom is -0.439 e. The largest absolute Gasteiger partial charge is 0.439 e. The molecule has 0 fully saturated rings. The lowest BCUT2D eigenvalue weighted by Gasteiger charge is -2.31. The molecule has 0 saturated heterocycles. The van der Waals surface area contributed by atoms with Crippen LogP contribution in [0.5, 0.6) is 0 Å². The Balaban J connectivity index is 1.26. The smallest absolute Gasteiger partial charge is 0.412 e. The molecule has 1 aliphatic heterocycles. The van der Waals surface area contributed by atoms with Gasteiger partial charge in [0.15, 0.2) is 11.9 Å².